The van der Waals surface area contributed by atoms with E-state index in [9.17, 15) is 4.79 Å². The number of carbonyl (C=O) groups is 1. The molecule has 25 heavy (non-hydrogen) atoms. The predicted molar refractivity (Wildman–Crippen MR) is 102 cm³/mol. The Balaban J connectivity index is 1.70. The lowest BCUT2D eigenvalue weighted by Gasteiger charge is -2.22. The van der Waals surface area contributed by atoms with Crippen LogP contribution in [0.15, 0.2) is 34.3 Å². The monoisotopic (exact) mass is 377 g/mol. The number of fused-ring (bicyclic) bond motifs is 1. The third kappa shape index (κ3) is 4.55. The number of amides is 1. The normalized spacial score (nSPS) is 17.4. The molecular formula is C17H23N5OS2. The van der Waals surface area contributed by atoms with Gasteiger partial charge in [-0.2, -0.15) is 0 Å². The van der Waals surface area contributed by atoms with Crippen molar-refractivity contribution in [2.24, 2.45) is 5.92 Å². The van der Waals surface area contributed by atoms with E-state index in [1.165, 1.54) is 16.7 Å². The Kier molecular flexibility index (Phi) is 6.01. The van der Waals surface area contributed by atoms with Crippen molar-refractivity contribution in [1.82, 2.24) is 20.2 Å². The maximum absolute atomic E-state index is 12.9. The summed E-state index contributed by atoms with van der Waals surface area (Å²) in [5.74, 6) is 0.895. The van der Waals surface area contributed by atoms with Crippen LogP contribution >= 0.6 is 23.5 Å². The van der Waals surface area contributed by atoms with Crippen molar-refractivity contribution in [3.05, 3.63) is 24.3 Å². The number of anilines is 1. The van der Waals surface area contributed by atoms with Crippen LogP contribution in [0.2, 0.25) is 0 Å². The molecular weight excluding hydrogens is 354 g/mol. The molecule has 1 aromatic heterocycles. The third-order valence-electron chi connectivity index (χ3n) is 3.91. The molecule has 1 unspecified atom stereocenters. The molecule has 134 valence electrons. The van der Waals surface area contributed by atoms with Crippen molar-refractivity contribution in [2.75, 3.05) is 17.2 Å². The van der Waals surface area contributed by atoms with Gasteiger partial charge in [-0.25, -0.2) is 4.68 Å². The summed E-state index contributed by atoms with van der Waals surface area (Å²) < 4.78 is 1.77. The van der Waals surface area contributed by atoms with Crippen molar-refractivity contribution in [3.63, 3.8) is 0 Å². The Morgan fingerprint density at radius 1 is 1.40 bits per heavy atom. The van der Waals surface area contributed by atoms with Gasteiger partial charge in [0.2, 0.25) is 11.1 Å². The molecule has 8 heteroatoms. The van der Waals surface area contributed by atoms with Gasteiger partial charge in [0.25, 0.3) is 0 Å². The molecule has 2 aromatic rings. The number of para-hydroxylation sites is 1. The summed E-state index contributed by atoms with van der Waals surface area (Å²) in [4.78, 5) is 16.0. The lowest BCUT2D eigenvalue weighted by atomic mass is 10.2. The summed E-state index contributed by atoms with van der Waals surface area (Å²) in [7, 11) is 0. The number of tetrazole rings is 1. The van der Waals surface area contributed by atoms with Gasteiger partial charge < -0.3 is 4.90 Å². The van der Waals surface area contributed by atoms with E-state index in [0.29, 0.717) is 22.1 Å². The number of rotatable bonds is 5. The fourth-order valence-electron chi connectivity index (χ4n) is 2.71. The van der Waals surface area contributed by atoms with Crippen LogP contribution in [-0.4, -0.2) is 43.7 Å². The van der Waals surface area contributed by atoms with Crippen molar-refractivity contribution < 1.29 is 4.79 Å². The molecule has 0 N–H and O–H groups in total. The molecule has 0 saturated carbocycles. The molecule has 1 aromatic carbocycles. The quantitative estimate of drug-likeness (QED) is 0.745. The summed E-state index contributed by atoms with van der Waals surface area (Å²) in [6.45, 7) is 7.96. The van der Waals surface area contributed by atoms with Crippen molar-refractivity contribution in [1.29, 1.82) is 0 Å². The first-order valence-electron chi connectivity index (χ1n) is 8.49. The van der Waals surface area contributed by atoms with E-state index < -0.39 is 0 Å². The molecule has 1 aliphatic heterocycles. The Bertz CT molecular complexity index is 733. The maximum Gasteiger partial charge on any atom is 0.237 e. The highest BCUT2D eigenvalue weighted by Crippen LogP contribution is 2.37. The molecule has 1 atom stereocenters. The minimum Gasteiger partial charge on any atom is -0.311 e. The molecule has 2 heterocycles. The molecule has 0 radical (unpaired) electrons. The van der Waals surface area contributed by atoms with Gasteiger partial charge in [0.1, 0.15) is 0 Å². The molecule has 1 amide bonds. The number of aromatic nitrogens is 4. The van der Waals surface area contributed by atoms with E-state index in [2.05, 4.69) is 42.4 Å². The van der Waals surface area contributed by atoms with Crippen molar-refractivity contribution in [2.45, 2.75) is 49.0 Å². The fraction of sp³-hybridized carbons (Fsp3) is 0.529. The van der Waals surface area contributed by atoms with Gasteiger partial charge >= 0.3 is 0 Å². The van der Waals surface area contributed by atoms with Crippen LogP contribution in [0.4, 0.5) is 5.69 Å². The first-order valence-corrected chi connectivity index (χ1v) is 10.4. The van der Waals surface area contributed by atoms with Gasteiger partial charge in [-0.3, -0.25) is 4.79 Å². The zero-order chi connectivity index (χ0) is 17.8. The van der Waals surface area contributed by atoms with Crippen LogP contribution in [0.5, 0.6) is 0 Å². The van der Waals surface area contributed by atoms with Crippen LogP contribution in [0, 0.1) is 5.92 Å². The predicted octanol–water partition coefficient (Wildman–Crippen LogP) is 3.34. The number of hydrogen-bond donors (Lipinski definition) is 0. The fourth-order valence-corrected chi connectivity index (χ4v) is 4.59. The number of benzene rings is 1. The van der Waals surface area contributed by atoms with E-state index in [-0.39, 0.29) is 5.91 Å². The SMILES string of the molecule is CC(C)Cn1nnnc1SCC(=O)N1CCC(C)Sc2ccccc21. The smallest absolute Gasteiger partial charge is 0.237 e. The van der Waals surface area contributed by atoms with Crippen LogP contribution < -0.4 is 4.90 Å². The Morgan fingerprint density at radius 3 is 3.00 bits per heavy atom. The molecule has 0 spiro atoms. The second-order valence-corrected chi connectivity index (χ2v) is 8.98. The van der Waals surface area contributed by atoms with Gasteiger partial charge in [0, 0.05) is 23.2 Å². The van der Waals surface area contributed by atoms with Gasteiger partial charge in [0.15, 0.2) is 0 Å². The number of nitrogens with zero attached hydrogens (tertiary/aromatic N) is 5. The molecule has 0 fully saturated rings. The second-order valence-electron chi connectivity index (χ2n) is 6.56. The highest BCUT2D eigenvalue weighted by atomic mass is 32.2. The van der Waals surface area contributed by atoms with E-state index in [0.717, 1.165) is 25.2 Å². The third-order valence-corrected chi connectivity index (χ3v) is 6.09. The van der Waals surface area contributed by atoms with Crippen LogP contribution in [0.1, 0.15) is 27.2 Å². The summed E-state index contributed by atoms with van der Waals surface area (Å²) in [5.41, 5.74) is 1.02. The van der Waals surface area contributed by atoms with Crippen LogP contribution in [0.25, 0.3) is 0 Å². The van der Waals surface area contributed by atoms with Crippen LogP contribution in [-0.2, 0) is 11.3 Å². The van der Waals surface area contributed by atoms with E-state index >= 15 is 0 Å². The molecule has 6 nitrogen and oxygen atoms in total. The Morgan fingerprint density at radius 2 is 2.20 bits per heavy atom. The number of thioether (sulfide) groups is 2. The molecule has 0 aliphatic carbocycles. The largest absolute Gasteiger partial charge is 0.311 e. The zero-order valence-electron chi connectivity index (χ0n) is 14.8. The average molecular weight is 378 g/mol. The zero-order valence-corrected chi connectivity index (χ0v) is 16.4. The maximum atomic E-state index is 12.9. The second kappa shape index (κ2) is 8.23. The van der Waals surface area contributed by atoms with E-state index in [1.807, 2.05) is 34.9 Å². The Labute approximate surface area is 156 Å². The first-order chi connectivity index (χ1) is 12.0. The Hall–Kier alpha value is -1.54. The topological polar surface area (TPSA) is 63.9 Å². The standard InChI is InChI=1S/C17H23N5OS2/c1-12(2)10-22-17(18-19-20-22)24-11-16(23)21-9-8-13(3)25-15-7-5-4-6-14(15)21/h4-7,12-13H,8-11H2,1-3H3. The van der Waals surface area contributed by atoms with Gasteiger partial charge in [0.05, 0.1) is 11.4 Å². The summed E-state index contributed by atoms with van der Waals surface area (Å²) >= 11 is 3.25. The summed E-state index contributed by atoms with van der Waals surface area (Å²) in [6.07, 6.45) is 0.987. The molecule has 0 saturated heterocycles. The highest BCUT2D eigenvalue weighted by Gasteiger charge is 2.24. The molecule has 0 bridgehead atoms. The number of carbonyl (C=O) groups excluding carboxylic acids is 1. The summed E-state index contributed by atoms with van der Waals surface area (Å²) in [5, 5.41) is 13.0. The van der Waals surface area contributed by atoms with E-state index in [4.69, 9.17) is 0 Å². The molecule has 1 aliphatic rings. The number of hydrogen-bond acceptors (Lipinski definition) is 6. The average Bonchev–Trinajstić information content (AvgIpc) is 2.92. The summed E-state index contributed by atoms with van der Waals surface area (Å²) in [6, 6.07) is 8.15. The van der Waals surface area contributed by atoms with Crippen LogP contribution in [0.3, 0.4) is 0 Å². The lowest BCUT2D eigenvalue weighted by molar-refractivity contribution is -0.116. The highest BCUT2D eigenvalue weighted by molar-refractivity contribution is 8.00. The van der Waals surface area contributed by atoms with Gasteiger partial charge in [-0.05, 0) is 34.9 Å². The molecule has 3 rings (SSSR count). The van der Waals surface area contributed by atoms with Gasteiger partial charge in [-0.15, -0.1) is 16.9 Å². The van der Waals surface area contributed by atoms with Crippen molar-refractivity contribution in [3.8, 4) is 0 Å². The van der Waals surface area contributed by atoms with Crippen molar-refractivity contribution >= 4 is 35.1 Å². The van der Waals surface area contributed by atoms with E-state index in [1.54, 1.807) is 4.68 Å². The lowest BCUT2D eigenvalue weighted by Crippen LogP contribution is -2.33. The minimum atomic E-state index is 0.103. The van der Waals surface area contributed by atoms with Gasteiger partial charge in [-0.1, -0.05) is 44.7 Å². The minimum absolute atomic E-state index is 0.103. The first kappa shape index (κ1) is 18.3.